The molecular formula is C24H42N2O8. The van der Waals surface area contributed by atoms with Gasteiger partial charge in [0.15, 0.2) is 0 Å². The summed E-state index contributed by atoms with van der Waals surface area (Å²) in [4.78, 5) is 44.9. The number of carboxylic acids is 2. The lowest BCUT2D eigenvalue weighted by Crippen LogP contribution is -2.60. The molecule has 0 aromatic rings. The molecule has 0 heterocycles. The third kappa shape index (κ3) is 7.77. The summed E-state index contributed by atoms with van der Waals surface area (Å²) in [5.74, 6) is -2.42. The van der Waals surface area contributed by atoms with Gasteiger partial charge in [-0.3, -0.25) is 9.59 Å². The minimum Gasteiger partial charge on any atom is -0.481 e. The Morgan fingerprint density at radius 3 is 1.12 bits per heavy atom. The van der Waals surface area contributed by atoms with Gasteiger partial charge in [-0.15, -0.1) is 0 Å². The predicted octanol–water partition coefficient (Wildman–Crippen LogP) is 4.02. The molecule has 2 aliphatic carbocycles. The second kappa shape index (κ2) is 10.00. The molecule has 0 spiro atoms. The number of hydrogen-bond donors (Lipinski definition) is 4. The lowest BCUT2D eigenvalue weighted by atomic mass is 9.58. The number of carbonyl (C=O) groups excluding carboxylic acids is 2. The van der Waals surface area contributed by atoms with E-state index in [1.165, 1.54) is 0 Å². The minimum absolute atomic E-state index is 0.140. The molecule has 10 nitrogen and oxygen atoms in total. The minimum atomic E-state index is -0.808. The topological polar surface area (TPSA) is 151 Å². The lowest BCUT2D eigenvalue weighted by Gasteiger charge is -2.49. The van der Waals surface area contributed by atoms with Crippen molar-refractivity contribution in [2.75, 3.05) is 0 Å². The number of nitrogens with one attached hydrogen (secondary N) is 2. The number of ether oxygens (including phenoxy) is 2. The number of alkyl carbamates (subject to hydrolysis) is 2. The van der Waals surface area contributed by atoms with Crippen molar-refractivity contribution in [2.24, 2.45) is 22.7 Å². The monoisotopic (exact) mass is 486 g/mol. The van der Waals surface area contributed by atoms with Crippen LogP contribution in [0.25, 0.3) is 0 Å². The molecule has 2 saturated carbocycles. The quantitative estimate of drug-likeness (QED) is 0.465. The molecule has 2 aliphatic rings. The van der Waals surface area contributed by atoms with Crippen LogP contribution in [-0.2, 0) is 19.1 Å². The first-order chi connectivity index (χ1) is 15.1. The highest BCUT2D eigenvalue weighted by atomic mass is 16.6. The molecule has 4 atom stereocenters. The van der Waals surface area contributed by atoms with Crippen LogP contribution in [0.2, 0.25) is 0 Å². The first kappa shape index (κ1) is 29.5. The molecule has 4 N–H and O–H groups in total. The summed E-state index contributed by atoms with van der Waals surface area (Å²) in [6.45, 7) is 18.1. The fourth-order valence-electron chi connectivity index (χ4n) is 4.08. The van der Waals surface area contributed by atoms with Gasteiger partial charge in [-0.05, 0) is 65.2 Å². The normalized spacial score (nSPS) is 26.9. The van der Waals surface area contributed by atoms with E-state index >= 15 is 0 Å². The average Bonchev–Trinajstić information content (AvgIpc) is 2.58. The summed E-state index contributed by atoms with van der Waals surface area (Å²) in [7, 11) is 0. The van der Waals surface area contributed by atoms with Crippen LogP contribution in [0.5, 0.6) is 0 Å². The van der Waals surface area contributed by atoms with Gasteiger partial charge in [-0.25, -0.2) is 9.59 Å². The second-order valence-corrected chi connectivity index (χ2v) is 12.3. The van der Waals surface area contributed by atoms with E-state index in [2.05, 4.69) is 10.6 Å². The maximum atomic E-state index is 11.5. The van der Waals surface area contributed by atoms with Crippen molar-refractivity contribution in [1.82, 2.24) is 10.6 Å². The fraction of sp³-hybridized carbons (Fsp3) is 0.833. The summed E-state index contributed by atoms with van der Waals surface area (Å²) in [6.07, 6.45) is -0.0535. The van der Waals surface area contributed by atoms with Gasteiger partial charge in [0.25, 0.3) is 0 Å². The van der Waals surface area contributed by atoms with Crippen molar-refractivity contribution < 1.29 is 38.9 Å². The van der Waals surface area contributed by atoms with Crippen LogP contribution in [0.3, 0.4) is 0 Å². The average molecular weight is 487 g/mol. The Hall–Kier alpha value is -2.52. The Kier molecular flexibility index (Phi) is 8.68. The van der Waals surface area contributed by atoms with Gasteiger partial charge in [-0.1, -0.05) is 27.7 Å². The zero-order valence-corrected chi connectivity index (χ0v) is 22.1. The summed E-state index contributed by atoms with van der Waals surface area (Å²) in [5.41, 5.74) is -1.93. The van der Waals surface area contributed by atoms with Crippen LogP contribution in [0.4, 0.5) is 9.59 Å². The summed E-state index contributed by atoms with van der Waals surface area (Å²) in [6, 6.07) is -0.281. The molecule has 2 fully saturated rings. The van der Waals surface area contributed by atoms with E-state index in [-0.39, 0.29) is 12.1 Å². The molecule has 34 heavy (non-hydrogen) atoms. The van der Waals surface area contributed by atoms with Crippen molar-refractivity contribution >= 4 is 24.1 Å². The third-order valence-electron chi connectivity index (χ3n) is 6.51. The highest BCUT2D eigenvalue weighted by molar-refractivity contribution is 5.75. The molecule has 2 amide bonds. The van der Waals surface area contributed by atoms with E-state index in [1.807, 2.05) is 27.7 Å². The Labute approximate surface area is 202 Å². The molecule has 0 radical (unpaired) electrons. The van der Waals surface area contributed by atoms with Crippen molar-refractivity contribution in [2.45, 2.75) is 105 Å². The molecular weight excluding hydrogens is 444 g/mol. The zero-order chi connectivity index (χ0) is 26.9. The number of hydrogen-bond acceptors (Lipinski definition) is 6. The maximum absolute atomic E-state index is 11.5. The maximum Gasteiger partial charge on any atom is 0.407 e. The first-order valence-electron chi connectivity index (χ1n) is 11.5. The number of rotatable bonds is 4. The molecule has 0 aromatic heterocycles. The van der Waals surface area contributed by atoms with Gasteiger partial charge < -0.3 is 30.3 Å². The van der Waals surface area contributed by atoms with E-state index < -0.39 is 58.0 Å². The van der Waals surface area contributed by atoms with Gasteiger partial charge in [0.05, 0.1) is 11.8 Å². The number of aliphatic carboxylic acids is 2. The van der Waals surface area contributed by atoms with Gasteiger partial charge >= 0.3 is 24.1 Å². The smallest absolute Gasteiger partial charge is 0.407 e. The molecule has 196 valence electrons. The van der Waals surface area contributed by atoms with Crippen LogP contribution in [0, 0.1) is 22.7 Å². The SMILES string of the molecule is CC(C)(C)OC(=O)N[C@@H]1C[C@@H](C(=O)O)C1(C)C.CC(C)(C)OC(=O)N[C@H]1C[C@H](C(=O)O)C1(C)C. The molecule has 0 unspecified atom stereocenters. The van der Waals surface area contributed by atoms with Crippen LogP contribution in [0.1, 0.15) is 82.1 Å². The zero-order valence-electron chi connectivity index (χ0n) is 22.1. The van der Waals surface area contributed by atoms with Crippen LogP contribution >= 0.6 is 0 Å². The highest BCUT2D eigenvalue weighted by Crippen LogP contribution is 2.47. The highest BCUT2D eigenvalue weighted by Gasteiger charge is 2.53. The van der Waals surface area contributed by atoms with Gasteiger partial charge in [0, 0.05) is 12.1 Å². The lowest BCUT2D eigenvalue weighted by molar-refractivity contribution is -0.156. The molecule has 2 rings (SSSR count). The van der Waals surface area contributed by atoms with Crippen LogP contribution < -0.4 is 10.6 Å². The number of carboxylic acid groups (broad SMARTS) is 2. The van der Waals surface area contributed by atoms with Gasteiger partial charge in [0.2, 0.25) is 0 Å². The van der Waals surface area contributed by atoms with Crippen LogP contribution in [-0.4, -0.2) is 57.6 Å². The summed E-state index contributed by atoms with van der Waals surface area (Å²) in [5, 5.41) is 23.4. The van der Waals surface area contributed by atoms with Crippen LogP contribution in [0.15, 0.2) is 0 Å². The third-order valence-corrected chi connectivity index (χ3v) is 6.51. The largest absolute Gasteiger partial charge is 0.481 e. The molecule has 0 aliphatic heterocycles. The summed E-state index contributed by atoms with van der Waals surface area (Å²) >= 11 is 0. The van der Waals surface area contributed by atoms with Crippen molar-refractivity contribution in [1.29, 1.82) is 0 Å². The fourth-order valence-corrected chi connectivity index (χ4v) is 4.08. The van der Waals surface area contributed by atoms with E-state index in [1.54, 1.807) is 41.5 Å². The van der Waals surface area contributed by atoms with Crippen molar-refractivity contribution in [3.05, 3.63) is 0 Å². The first-order valence-corrected chi connectivity index (χ1v) is 11.5. The van der Waals surface area contributed by atoms with Gasteiger partial charge in [-0.2, -0.15) is 0 Å². The van der Waals surface area contributed by atoms with Crippen molar-refractivity contribution in [3.8, 4) is 0 Å². The summed E-state index contributed by atoms with van der Waals surface area (Å²) < 4.78 is 10.3. The Morgan fingerprint density at radius 1 is 0.676 bits per heavy atom. The molecule has 0 saturated heterocycles. The van der Waals surface area contributed by atoms with E-state index in [0.29, 0.717) is 12.8 Å². The van der Waals surface area contributed by atoms with E-state index in [4.69, 9.17) is 19.7 Å². The number of carbonyl (C=O) groups is 4. The van der Waals surface area contributed by atoms with E-state index in [9.17, 15) is 19.2 Å². The molecule has 0 aromatic carbocycles. The Balaban J connectivity index is 0.000000340. The predicted molar refractivity (Wildman–Crippen MR) is 125 cm³/mol. The Morgan fingerprint density at radius 2 is 0.941 bits per heavy atom. The molecule has 10 heteroatoms. The number of amides is 2. The standard InChI is InChI=1S/2C12H21NO4/c2*1-11(2,3)17-10(16)13-8-6-7(9(14)15)12(8,4)5/h2*7-8H,6H2,1-5H3,(H,13,16)(H,14,15)/t2*7-,8+/m10/s1. The molecule has 0 bridgehead atoms. The van der Waals surface area contributed by atoms with Gasteiger partial charge in [0.1, 0.15) is 11.2 Å². The Bertz CT molecular complexity index is 726. The van der Waals surface area contributed by atoms with E-state index in [0.717, 1.165) is 0 Å². The second-order valence-electron chi connectivity index (χ2n) is 12.3. The van der Waals surface area contributed by atoms with Crippen molar-refractivity contribution in [3.63, 3.8) is 0 Å².